The summed E-state index contributed by atoms with van der Waals surface area (Å²) in [4.78, 5) is 12.3. The molecule has 0 radical (unpaired) electrons. The van der Waals surface area contributed by atoms with Gasteiger partial charge in [0.25, 0.3) is 0 Å². The van der Waals surface area contributed by atoms with Crippen molar-refractivity contribution in [3.63, 3.8) is 0 Å². The van der Waals surface area contributed by atoms with Gasteiger partial charge in [-0.1, -0.05) is 30.7 Å². The Morgan fingerprint density at radius 2 is 1.94 bits per heavy atom. The van der Waals surface area contributed by atoms with E-state index >= 15 is 0 Å². The van der Waals surface area contributed by atoms with Crippen LogP contribution in [0.15, 0.2) is 24.3 Å². The first-order valence-corrected chi connectivity index (χ1v) is 6.42. The normalized spacial score (nSPS) is 29.0. The van der Waals surface area contributed by atoms with Crippen LogP contribution in [-0.4, -0.2) is 16.5 Å². The third kappa shape index (κ3) is 2.53. The number of carbonyl (C=O) groups is 1. The van der Waals surface area contributed by atoms with Crippen molar-refractivity contribution >= 4 is 17.4 Å². The second-order valence-electron chi connectivity index (χ2n) is 5.02. The largest absolute Gasteiger partial charge is 0.382 e. The van der Waals surface area contributed by atoms with Crippen LogP contribution >= 0.6 is 11.6 Å². The van der Waals surface area contributed by atoms with E-state index in [1.54, 1.807) is 24.3 Å². The van der Waals surface area contributed by atoms with Crippen LogP contribution in [0.5, 0.6) is 0 Å². The Hall–Kier alpha value is -0.860. The van der Waals surface area contributed by atoms with E-state index in [4.69, 9.17) is 11.6 Å². The van der Waals surface area contributed by atoms with Crippen molar-refractivity contribution in [2.75, 3.05) is 0 Å². The molecule has 1 aromatic carbocycles. The summed E-state index contributed by atoms with van der Waals surface area (Å²) >= 11 is 6.00. The summed E-state index contributed by atoms with van der Waals surface area (Å²) in [6, 6.07) is 6.92. The van der Waals surface area contributed by atoms with E-state index in [1.807, 2.05) is 0 Å². The van der Waals surface area contributed by atoms with Crippen LogP contribution in [0.1, 0.15) is 43.0 Å². The van der Waals surface area contributed by atoms with E-state index in [-0.39, 0.29) is 5.78 Å². The lowest BCUT2D eigenvalue weighted by Gasteiger charge is -2.33. The lowest BCUT2D eigenvalue weighted by molar-refractivity contribution is 0.00427. The first-order valence-electron chi connectivity index (χ1n) is 6.05. The SMILES string of the molecule is CC1CCC(O)(C(=O)c2ccccc2Cl)CC1. The van der Waals surface area contributed by atoms with Crippen molar-refractivity contribution in [1.29, 1.82) is 0 Å². The fourth-order valence-electron chi connectivity index (χ4n) is 2.36. The summed E-state index contributed by atoms with van der Waals surface area (Å²) in [5.74, 6) is 0.365. The summed E-state index contributed by atoms with van der Waals surface area (Å²) < 4.78 is 0. The number of benzene rings is 1. The zero-order valence-electron chi connectivity index (χ0n) is 9.95. The van der Waals surface area contributed by atoms with Gasteiger partial charge in [0.2, 0.25) is 0 Å². The van der Waals surface area contributed by atoms with Crippen LogP contribution in [-0.2, 0) is 0 Å². The zero-order valence-corrected chi connectivity index (χ0v) is 10.7. The van der Waals surface area contributed by atoms with Gasteiger partial charge in [-0.05, 0) is 43.7 Å². The standard InChI is InChI=1S/C14H17ClO2/c1-10-6-8-14(17,9-7-10)13(16)11-4-2-3-5-12(11)15/h2-5,10,17H,6-9H2,1H3. The molecule has 0 bridgehead atoms. The minimum absolute atomic E-state index is 0.227. The van der Waals surface area contributed by atoms with Gasteiger partial charge in [-0.3, -0.25) is 4.79 Å². The Bertz CT molecular complexity index is 420. The molecule has 0 atom stereocenters. The third-order valence-corrected chi connectivity index (χ3v) is 3.97. The van der Waals surface area contributed by atoms with E-state index in [0.717, 1.165) is 12.8 Å². The van der Waals surface area contributed by atoms with Crippen molar-refractivity contribution in [2.45, 2.75) is 38.2 Å². The molecule has 0 spiro atoms. The van der Waals surface area contributed by atoms with E-state index in [2.05, 4.69) is 6.92 Å². The lowest BCUT2D eigenvalue weighted by Crippen LogP contribution is -2.42. The molecule has 0 amide bonds. The molecule has 1 N–H and O–H groups in total. The molecule has 0 unspecified atom stereocenters. The topological polar surface area (TPSA) is 37.3 Å². The lowest BCUT2D eigenvalue weighted by atomic mass is 9.76. The smallest absolute Gasteiger partial charge is 0.195 e. The van der Waals surface area contributed by atoms with E-state index in [0.29, 0.717) is 29.3 Å². The summed E-state index contributed by atoms with van der Waals surface area (Å²) in [6.45, 7) is 2.15. The summed E-state index contributed by atoms with van der Waals surface area (Å²) in [7, 11) is 0. The minimum Gasteiger partial charge on any atom is -0.382 e. The average Bonchev–Trinajstić information content (AvgIpc) is 2.33. The molecule has 1 saturated carbocycles. The van der Waals surface area contributed by atoms with Gasteiger partial charge in [0, 0.05) is 5.56 Å². The predicted molar refractivity (Wildman–Crippen MR) is 68.4 cm³/mol. The average molecular weight is 253 g/mol. The zero-order chi connectivity index (χ0) is 12.5. The number of Topliss-reactive ketones (excluding diaryl/α,β-unsaturated/α-hetero) is 1. The highest BCUT2D eigenvalue weighted by molar-refractivity contribution is 6.34. The number of rotatable bonds is 2. The molecule has 0 aromatic heterocycles. The van der Waals surface area contributed by atoms with Crippen LogP contribution < -0.4 is 0 Å². The van der Waals surface area contributed by atoms with Crippen LogP contribution in [0.2, 0.25) is 5.02 Å². The fraction of sp³-hybridized carbons (Fsp3) is 0.500. The maximum absolute atomic E-state index is 12.3. The Morgan fingerprint density at radius 1 is 1.35 bits per heavy atom. The van der Waals surface area contributed by atoms with E-state index < -0.39 is 5.60 Å². The predicted octanol–water partition coefficient (Wildman–Crippen LogP) is 3.46. The number of halogens is 1. The van der Waals surface area contributed by atoms with Crippen molar-refractivity contribution in [3.05, 3.63) is 34.9 Å². The van der Waals surface area contributed by atoms with Gasteiger partial charge in [-0.15, -0.1) is 0 Å². The highest BCUT2D eigenvalue weighted by Gasteiger charge is 2.39. The highest BCUT2D eigenvalue weighted by atomic mass is 35.5. The van der Waals surface area contributed by atoms with Crippen molar-refractivity contribution in [2.24, 2.45) is 5.92 Å². The van der Waals surface area contributed by atoms with Crippen LogP contribution in [0.25, 0.3) is 0 Å². The van der Waals surface area contributed by atoms with Gasteiger partial charge in [0.05, 0.1) is 5.02 Å². The second-order valence-corrected chi connectivity index (χ2v) is 5.43. The molecule has 1 aliphatic rings. The van der Waals surface area contributed by atoms with Gasteiger partial charge >= 0.3 is 0 Å². The number of carbonyl (C=O) groups excluding carboxylic acids is 1. The number of aliphatic hydroxyl groups is 1. The van der Waals surface area contributed by atoms with Crippen molar-refractivity contribution < 1.29 is 9.90 Å². The molecule has 1 fully saturated rings. The molecule has 1 aromatic rings. The highest BCUT2D eigenvalue weighted by Crippen LogP contribution is 2.35. The quantitative estimate of drug-likeness (QED) is 0.819. The maximum Gasteiger partial charge on any atom is 0.195 e. The van der Waals surface area contributed by atoms with Crippen LogP contribution in [0.3, 0.4) is 0 Å². The minimum atomic E-state index is -1.21. The molecule has 3 heteroatoms. The second kappa shape index (κ2) is 4.79. The molecule has 2 rings (SSSR count). The molecule has 17 heavy (non-hydrogen) atoms. The molecule has 2 nitrogen and oxygen atoms in total. The first kappa shape index (κ1) is 12.6. The fourth-order valence-corrected chi connectivity index (χ4v) is 2.58. The maximum atomic E-state index is 12.3. The van der Waals surface area contributed by atoms with Crippen molar-refractivity contribution in [3.8, 4) is 0 Å². The summed E-state index contributed by atoms with van der Waals surface area (Å²) in [5.41, 5.74) is -0.774. The Morgan fingerprint density at radius 3 is 2.53 bits per heavy atom. The van der Waals surface area contributed by atoms with Gasteiger partial charge in [0.15, 0.2) is 5.78 Å². The van der Waals surface area contributed by atoms with Crippen LogP contribution in [0, 0.1) is 5.92 Å². The number of ketones is 1. The molecule has 0 aliphatic heterocycles. The van der Waals surface area contributed by atoms with Gasteiger partial charge in [-0.2, -0.15) is 0 Å². The molecular formula is C14H17ClO2. The third-order valence-electron chi connectivity index (χ3n) is 3.64. The summed E-state index contributed by atoms with van der Waals surface area (Å²) in [6.07, 6.45) is 2.87. The van der Waals surface area contributed by atoms with Crippen LogP contribution in [0.4, 0.5) is 0 Å². The summed E-state index contributed by atoms with van der Waals surface area (Å²) in [5, 5.41) is 10.8. The monoisotopic (exact) mass is 252 g/mol. The number of hydrogen-bond donors (Lipinski definition) is 1. The molecular weight excluding hydrogens is 236 g/mol. The Kier molecular flexibility index (Phi) is 3.55. The molecule has 1 aliphatic carbocycles. The van der Waals surface area contributed by atoms with Gasteiger partial charge < -0.3 is 5.11 Å². The van der Waals surface area contributed by atoms with Gasteiger partial charge in [0.1, 0.15) is 5.60 Å². The molecule has 0 heterocycles. The van der Waals surface area contributed by atoms with E-state index in [1.165, 1.54) is 0 Å². The van der Waals surface area contributed by atoms with Crippen molar-refractivity contribution in [1.82, 2.24) is 0 Å². The van der Waals surface area contributed by atoms with E-state index in [9.17, 15) is 9.90 Å². The molecule has 92 valence electrons. The molecule has 0 saturated heterocycles. The Labute approximate surface area is 107 Å². The Balaban J connectivity index is 2.23. The van der Waals surface area contributed by atoms with Gasteiger partial charge in [-0.25, -0.2) is 0 Å². The first-order chi connectivity index (χ1) is 8.03. The number of hydrogen-bond acceptors (Lipinski definition) is 2.